The zero-order valence-electron chi connectivity index (χ0n) is 19.7. The van der Waals surface area contributed by atoms with Gasteiger partial charge in [-0.05, 0) is 74.4 Å². The minimum Gasteiger partial charge on any atom is -0.478 e. The molecule has 6 rings (SSSR count). The number of aromatic nitrogens is 2. The van der Waals surface area contributed by atoms with Gasteiger partial charge in [0, 0.05) is 23.7 Å². The number of aromatic carboxylic acids is 1. The number of ether oxygens (including phenoxy) is 1. The maximum absolute atomic E-state index is 14.4. The number of anilines is 1. The Morgan fingerprint density at radius 3 is 2.58 bits per heavy atom. The van der Waals surface area contributed by atoms with Gasteiger partial charge in [0.05, 0.1) is 40.2 Å². The first-order valence-electron chi connectivity index (χ1n) is 12.3. The topological polar surface area (TPSA) is 67.6 Å². The van der Waals surface area contributed by atoms with E-state index in [0.29, 0.717) is 34.2 Å². The van der Waals surface area contributed by atoms with Crippen LogP contribution in [0.15, 0.2) is 42.6 Å². The third-order valence-corrected chi connectivity index (χ3v) is 8.57. The van der Waals surface area contributed by atoms with Crippen LogP contribution in [0, 0.1) is 11.7 Å². The van der Waals surface area contributed by atoms with E-state index in [1.54, 1.807) is 6.07 Å². The minimum atomic E-state index is -1.26. The SMILES string of the molecule is C[C@@H]1[C@@H]2C[C@@H](C[C@H]2OCc2c(C3CC3)cnn2-c2c(Cl)cccc2Cl)N1c1ccc(C(=O)O)c(F)c1. The number of para-hydroxylation sites is 1. The molecule has 2 heterocycles. The highest BCUT2D eigenvalue weighted by Crippen LogP contribution is 2.47. The van der Waals surface area contributed by atoms with E-state index < -0.39 is 11.8 Å². The molecule has 2 saturated carbocycles. The number of benzene rings is 2. The van der Waals surface area contributed by atoms with Crippen LogP contribution in [0.5, 0.6) is 0 Å². The summed E-state index contributed by atoms with van der Waals surface area (Å²) < 4.78 is 22.7. The summed E-state index contributed by atoms with van der Waals surface area (Å²) in [5.41, 5.74) is 3.27. The first-order valence-corrected chi connectivity index (χ1v) is 13.0. The van der Waals surface area contributed by atoms with Gasteiger partial charge in [-0.3, -0.25) is 0 Å². The van der Waals surface area contributed by atoms with Crippen LogP contribution in [-0.2, 0) is 11.3 Å². The van der Waals surface area contributed by atoms with Crippen LogP contribution in [0.25, 0.3) is 5.69 Å². The largest absolute Gasteiger partial charge is 0.478 e. The molecule has 0 radical (unpaired) electrons. The van der Waals surface area contributed by atoms with Crippen LogP contribution < -0.4 is 4.90 Å². The minimum absolute atomic E-state index is 0.0708. The maximum Gasteiger partial charge on any atom is 0.338 e. The molecule has 0 amide bonds. The molecule has 4 atom stereocenters. The summed E-state index contributed by atoms with van der Waals surface area (Å²) in [6.45, 7) is 2.54. The first-order chi connectivity index (χ1) is 17.3. The van der Waals surface area contributed by atoms with Crippen molar-refractivity contribution < 1.29 is 19.0 Å². The lowest BCUT2D eigenvalue weighted by Gasteiger charge is -2.39. The molecule has 2 bridgehead atoms. The molecule has 1 N–H and O–H groups in total. The highest BCUT2D eigenvalue weighted by Gasteiger charge is 2.50. The van der Waals surface area contributed by atoms with E-state index in [-0.39, 0.29) is 23.8 Å². The van der Waals surface area contributed by atoms with Gasteiger partial charge in [0.25, 0.3) is 0 Å². The molecule has 0 unspecified atom stereocenters. The van der Waals surface area contributed by atoms with Crippen molar-refractivity contribution in [3.05, 3.63) is 75.3 Å². The molecular formula is C27H26Cl2FN3O3. The molecule has 188 valence electrons. The molecule has 1 saturated heterocycles. The Kier molecular flexibility index (Phi) is 5.97. The molecule has 0 spiro atoms. The van der Waals surface area contributed by atoms with Gasteiger partial charge >= 0.3 is 5.97 Å². The van der Waals surface area contributed by atoms with Crippen LogP contribution in [0.4, 0.5) is 10.1 Å². The quantitative estimate of drug-likeness (QED) is 0.380. The standard InChI is InChI=1S/C27H26Cl2FN3O3/c1-14-19-9-17(32(14)16-7-8-18(27(34)35)23(30)10-16)11-25(19)36-13-24-20(15-5-6-15)12-31-33(24)26-21(28)3-2-4-22(26)29/h2-4,7-8,10,12,14-15,17,19,25H,5-6,9,11,13H2,1H3,(H,34,35)/t14-,17+,19+,25-/m1/s1. The number of piperidine rings is 1. The molecule has 36 heavy (non-hydrogen) atoms. The number of hydrogen-bond donors (Lipinski definition) is 1. The number of carboxylic acids is 1. The Labute approximate surface area is 218 Å². The van der Waals surface area contributed by atoms with E-state index in [1.807, 2.05) is 29.1 Å². The van der Waals surface area contributed by atoms with Gasteiger partial charge in [-0.2, -0.15) is 5.10 Å². The number of halogens is 3. The van der Waals surface area contributed by atoms with Crippen molar-refractivity contribution in [3.63, 3.8) is 0 Å². The van der Waals surface area contributed by atoms with Crippen molar-refractivity contribution in [3.8, 4) is 5.69 Å². The summed E-state index contributed by atoms with van der Waals surface area (Å²) in [5.74, 6) is -1.17. The summed E-state index contributed by atoms with van der Waals surface area (Å²) >= 11 is 13.0. The van der Waals surface area contributed by atoms with Gasteiger partial charge in [0.15, 0.2) is 0 Å². The summed E-state index contributed by atoms with van der Waals surface area (Å²) in [7, 11) is 0. The lowest BCUT2D eigenvalue weighted by Crippen LogP contribution is -2.45. The summed E-state index contributed by atoms with van der Waals surface area (Å²) in [4.78, 5) is 13.4. The van der Waals surface area contributed by atoms with Gasteiger partial charge < -0.3 is 14.7 Å². The zero-order chi connectivity index (χ0) is 25.1. The zero-order valence-corrected chi connectivity index (χ0v) is 21.2. The smallest absolute Gasteiger partial charge is 0.338 e. The summed E-state index contributed by atoms with van der Waals surface area (Å²) in [5, 5.41) is 14.9. The third kappa shape index (κ3) is 3.98. The average Bonchev–Trinajstić information content (AvgIpc) is 3.34. The van der Waals surface area contributed by atoms with Gasteiger partial charge in [-0.15, -0.1) is 0 Å². The normalized spacial score (nSPS) is 25.1. The van der Waals surface area contributed by atoms with Gasteiger partial charge in [-0.25, -0.2) is 13.9 Å². The highest BCUT2D eigenvalue weighted by atomic mass is 35.5. The molecule has 9 heteroatoms. The second-order valence-corrected chi connectivity index (χ2v) is 10.9. The Bertz CT molecular complexity index is 1320. The fourth-order valence-corrected chi connectivity index (χ4v) is 6.65. The van der Waals surface area contributed by atoms with E-state index in [0.717, 1.165) is 37.1 Å². The fraction of sp³-hybridized carbons (Fsp3) is 0.407. The number of carbonyl (C=O) groups is 1. The van der Waals surface area contributed by atoms with Crippen molar-refractivity contribution in [2.45, 2.75) is 63.3 Å². The predicted molar refractivity (Wildman–Crippen MR) is 136 cm³/mol. The molecular weight excluding hydrogens is 504 g/mol. The second kappa shape index (κ2) is 9.05. The van der Waals surface area contributed by atoms with Gasteiger partial charge in [-0.1, -0.05) is 29.3 Å². The lowest BCUT2D eigenvalue weighted by molar-refractivity contribution is 0.00148. The van der Waals surface area contributed by atoms with Crippen LogP contribution in [0.1, 0.15) is 60.1 Å². The molecule has 6 nitrogen and oxygen atoms in total. The Morgan fingerprint density at radius 2 is 1.94 bits per heavy atom. The van der Waals surface area contributed by atoms with E-state index in [1.165, 1.54) is 17.7 Å². The highest BCUT2D eigenvalue weighted by molar-refractivity contribution is 6.37. The predicted octanol–water partition coefficient (Wildman–Crippen LogP) is 6.47. The Morgan fingerprint density at radius 1 is 1.19 bits per heavy atom. The fourth-order valence-electron chi connectivity index (χ4n) is 6.09. The molecule has 3 aromatic rings. The molecule has 3 fully saturated rings. The Balaban J connectivity index is 1.21. The maximum atomic E-state index is 14.4. The van der Waals surface area contributed by atoms with Crippen LogP contribution in [-0.4, -0.2) is 39.0 Å². The van der Waals surface area contributed by atoms with Crippen molar-refractivity contribution in [1.29, 1.82) is 0 Å². The number of fused-ring (bicyclic) bond motifs is 2. The average molecular weight is 530 g/mol. The number of carboxylic acid groups (broad SMARTS) is 1. The molecule has 2 aliphatic carbocycles. The number of hydrogen-bond acceptors (Lipinski definition) is 4. The molecule has 2 aromatic carbocycles. The van der Waals surface area contributed by atoms with Gasteiger partial charge in [0.2, 0.25) is 0 Å². The van der Waals surface area contributed by atoms with Crippen LogP contribution in [0.2, 0.25) is 10.0 Å². The summed E-state index contributed by atoms with van der Waals surface area (Å²) in [6.07, 6.45) is 6.06. The number of rotatable bonds is 7. The van der Waals surface area contributed by atoms with E-state index in [9.17, 15) is 9.18 Å². The number of nitrogens with zero attached hydrogens (tertiary/aromatic N) is 3. The van der Waals surface area contributed by atoms with Crippen molar-refractivity contribution in [2.75, 3.05) is 4.90 Å². The van der Waals surface area contributed by atoms with Crippen LogP contribution >= 0.6 is 23.2 Å². The first kappa shape index (κ1) is 23.8. The Hall–Kier alpha value is -2.61. The van der Waals surface area contributed by atoms with E-state index in [2.05, 4.69) is 16.9 Å². The van der Waals surface area contributed by atoms with Crippen molar-refractivity contribution in [2.24, 2.45) is 5.92 Å². The second-order valence-electron chi connectivity index (χ2n) is 10.1. The molecule has 1 aromatic heterocycles. The molecule has 3 aliphatic rings. The van der Waals surface area contributed by atoms with Crippen molar-refractivity contribution >= 4 is 34.9 Å². The van der Waals surface area contributed by atoms with E-state index in [4.69, 9.17) is 33.0 Å². The molecule has 1 aliphatic heterocycles. The van der Waals surface area contributed by atoms with E-state index >= 15 is 0 Å². The van der Waals surface area contributed by atoms with Crippen LogP contribution in [0.3, 0.4) is 0 Å². The van der Waals surface area contributed by atoms with Gasteiger partial charge in [0.1, 0.15) is 11.5 Å². The summed E-state index contributed by atoms with van der Waals surface area (Å²) in [6, 6.07) is 10.2. The lowest BCUT2D eigenvalue weighted by atomic mass is 9.96. The third-order valence-electron chi connectivity index (χ3n) is 7.96. The van der Waals surface area contributed by atoms with Crippen molar-refractivity contribution in [1.82, 2.24) is 9.78 Å². The monoisotopic (exact) mass is 529 g/mol.